The van der Waals surface area contributed by atoms with Gasteiger partial charge in [0.05, 0.1) is 12.5 Å². The summed E-state index contributed by atoms with van der Waals surface area (Å²) in [5.41, 5.74) is 0. The van der Waals surface area contributed by atoms with Crippen LogP contribution in [0.3, 0.4) is 0 Å². The fourth-order valence-electron chi connectivity index (χ4n) is 1.98. The number of carboxylic acid groups (broad SMARTS) is 1. The average Bonchev–Trinajstić information content (AvgIpc) is 2.60. The Labute approximate surface area is 95.8 Å². The minimum absolute atomic E-state index is 0.00375. The second kappa shape index (κ2) is 5.84. The van der Waals surface area contributed by atoms with Crippen molar-refractivity contribution in [2.24, 2.45) is 11.8 Å². The van der Waals surface area contributed by atoms with Crippen molar-refractivity contribution in [3.8, 4) is 0 Å². The molecule has 1 saturated heterocycles. The third-order valence-electron chi connectivity index (χ3n) is 2.99. The van der Waals surface area contributed by atoms with Gasteiger partial charge in [0.15, 0.2) is 0 Å². The number of nitrogens with zero attached hydrogens (tertiary/aromatic N) is 1. The maximum Gasteiger partial charge on any atom is 0.308 e. The van der Waals surface area contributed by atoms with Crippen LogP contribution in [-0.2, 0) is 9.59 Å². The average molecular weight is 228 g/mol. The van der Waals surface area contributed by atoms with Gasteiger partial charge in [-0.2, -0.15) is 0 Å². The second-order valence-electron chi connectivity index (χ2n) is 4.40. The maximum atomic E-state index is 11.7. The first-order valence-electron chi connectivity index (χ1n) is 5.77. The predicted molar refractivity (Wildman–Crippen MR) is 60.0 cm³/mol. The fraction of sp³-hybridized carbons (Fsp3) is 0.818. The minimum atomic E-state index is -0.802. The Morgan fingerprint density at radius 1 is 1.44 bits per heavy atom. The summed E-state index contributed by atoms with van der Waals surface area (Å²) in [7, 11) is 0. The van der Waals surface area contributed by atoms with E-state index in [0.717, 1.165) is 13.0 Å². The summed E-state index contributed by atoms with van der Waals surface area (Å²) in [4.78, 5) is 24.2. The minimum Gasteiger partial charge on any atom is -0.481 e. The largest absolute Gasteiger partial charge is 0.481 e. The van der Waals surface area contributed by atoms with E-state index in [9.17, 15) is 9.59 Å². The zero-order valence-corrected chi connectivity index (χ0v) is 9.90. The van der Waals surface area contributed by atoms with Crippen molar-refractivity contribution in [3.05, 3.63) is 0 Å². The highest BCUT2D eigenvalue weighted by Gasteiger charge is 2.36. The normalized spacial score (nSPS) is 24.8. The number of carboxylic acids is 1. The molecule has 16 heavy (non-hydrogen) atoms. The van der Waals surface area contributed by atoms with E-state index < -0.39 is 11.9 Å². The predicted octanol–water partition coefficient (Wildman–Crippen LogP) is 0.165. The molecule has 1 amide bonds. The van der Waals surface area contributed by atoms with Crippen molar-refractivity contribution in [1.82, 2.24) is 10.2 Å². The quantitative estimate of drug-likeness (QED) is 0.658. The van der Waals surface area contributed by atoms with Crippen LogP contribution in [0.2, 0.25) is 0 Å². The molecule has 0 bridgehead atoms. The van der Waals surface area contributed by atoms with Gasteiger partial charge in [-0.1, -0.05) is 13.8 Å². The molecule has 2 N–H and O–H groups in total. The number of rotatable bonds is 5. The van der Waals surface area contributed by atoms with Crippen molar-refractivity contribution >= 4 is 11.9 Å². The summed E-state index contributed by atoms with van der Waals surface area (Å²) >= 11 is 0. The molecule has 1 aliphatic heterocycles. The van der Waals surface area contributed by atoms with Gasteiger partial charge in [-0.15, -0.1) is 0 Å². The zero-order chi connectivity index (χ0) is 12.1. The van der Waals surface area contributed by atoms with E-state index in [2.05, 4.69) is 5.32 Å². The van der Waals surface area contributed by atoms with Crippen molar-refractivity contribution in [3.63, 3.8) is 0 Å². The van der Waals surface area contributed by atoms with Gasteiger partial charge in [0.1, 0.15) is 0 Å². The number of hydrogen-bond donors (Lipinski definition) is 2. The monoisotopic (exact) mass is 228 g/mol. The molecule has 5 heteroatoms. The summed E-state index contributed by atoms with van der Waals surface area (Å²) in [6.45, 7) is 5.96. The van der Waals surface area contributed by atoms with Crippen molar-refractivity contribution in [2.45, 2.75) is 20.3 Å². The van der Waals surface area contributed by atoms with E-state index in [1.165, 1.54) is 0 Å². The number of carbonyl (C=O) groups excluding carboxylic acids is 1. The van der Waals surface area contributed by atoms with Crippen LogP contribution >= 0.6 is 0 Å². The molecule has 1 aliphatic rings. The molecule has 0 aromatic rings. The molecule has 0 aromatic heterocycles. The summed E-state index contributed by atoms with van der Waals surface area (Å²) < 4.78 is 0. The molecule has 5 nitrogen and oxygen atoms in total. The lowest BCUT2D eigenvalue weighted by Crippen LogP contribution is -2.37. The molecule has 92 valence electrons. The Kier molecular flexibility index (Phi) is 4.73. The van der Waals surface area contributed by atoms with Crippen molar-refractivity contribution in [1.29, 1.82) is 0 Å². The van der Waals surface area contributed by atoms with Gasteiger partial charge in [-0.3, -0.25) is 9.59 Å². The molecule has 0 spiro atoms. The summed E-state index contributed by atoms with van der Waals surface area (Å²) in [5.74, 6) is -1.16. The third kappa shape index (κ3) is 3.20. The van der Waals surface area contributed by atoms with E-state index in [4.69, 9.17) is 5.11 Å². The van der Waals surface area contributed by atoms with Gasteiger partial charge < -0.3 is 15.3 Å². The lowest BCUT2D eigenvalue weighted by Gasteiger charge is -2.16. The summed E-state index contributed by atoms with van der Waals surface area (Å²) in [6.07, 6.45) is 0.988. The van der Waals surface area contributed by atoms with Crippen LogP contribution in [-0.4, -0.2) is 48.1 Å². The van der Waals surface area contributed by atoms with Gasteiger partial charge >= 0.3 is 5.97 Å². The van der Waals surface area contributed by atoms with Crippen LogP contribution in [0.1, 0.15) is 20.3 Å². The van der Waals surface area contributed by atoms with Crippen LogP contribution in [0.4, 0.5) is 0 Å². The van der Waals surface area contributed by atoms with E-state index >= 15 is 0 Å². The highest BCUT2D eigenvalue weighted by Crippen LogP contribution is 2.22. The first kappa shape index (κ1) is 13.0. The van der Waals surface area contributed by atoms with Crippen molar-refractivity contribution in [2.75, 3.05) is 26.2 Å². The molecule has 1 fully saturated rings. The smallest absolute Gasteiger partial charge is 0.308 e. The number of hydrogen-bond acceptors (Lipinski definition) is 3. The standard InChI is InChI=1S/C11H20N2O3/c1-3-4-12-5-10(14)13-6-8(2)9(7-13)11(15)16/h8-9,12H,3-7H2,1-2H3,(H,15,16). The van der Waals surface area contributed by atoms with Gasteiger partial charge in [0.2, 0.25) is 5.91 Å². The van der Waals surface area contributed by atoms with Crippen LogP contribution < -0.4 is 5.32 Å². The van der Waals surface area contributed by atoms with E-state index in [1.54, 1.807) is 4.90 Å². The Balaban J connectivity index is 2.39. The summed E-state index contributed by atoms with van der Waals surface area (Å²) in [5, 5.41) is 12.0. The molecule has 2 atom stereocenters. The van der Waals surface area contributed by atoms with E-state index in [1.807, 2.05) is 13.8 Å². The van der Waals surface area contributed by atoms with Crippen LogP contribution in [0.5, 0.6) is 0 Å². The van der Waals surface area contributed by atoms with E-state index in [0.29, 0.717) is 19.6 Å². The van der Waals surface area contributed by atoms with Gasteiger partial charge in [0, 0.05) is 13.1 Å². The van der Waals surface area contributed by atoms with Crippen LogP contribution in [0.25, 0.3) is 0 Å². The maximum absolute atomic E-state index is 11.7. The molecular weight excluding hydrogens is 208 g/mol. The van der Waals surface area contributed by atoms with Crippen LogP contribution in [0.15, 0.2) is 0 Å². The summed E-state index contributed by atoms with van der Waals surface area (Å²) in [6, 6.07) is 0. The molecule has 0 aliphatic carbocycles. The molecule has 1 rings (SSSR count). The number of amides is 1. The SMILES string of the molecule is CCCNCC(=O)N1CC(C)C(C(=O)O)C1. The Bertz CT molecular complexity index is 268. The number of carbonyl (C=O) groups is 2. The highest BCUT2D eigenvalue weighted by molar-refractivity contribution is 5.80. The Morgan fingerprint density at radius 3 is 2.62 bits per heavy atom. The Morgan fingerprint density at radius 2 is 2.12 bits per heavy atom. The first-order chi connectivity index (χ1) is 7.56. The highest BCUT2D eigenvalue weighted by atomic mass is 16.4. The van der Waals surface area contributed by atoms with Gasteiger partial charge in [-0.25, -0.2) is 0 Å². The number of nitrogens with one attached hydrogen (secondary N) is 1. The number of aliphatic carboxylic acids is 1. The van der Waals surface area contributed by atoms with Gasteiger partial charge in [0.25, 0.3) is 0 Å². The Hall–Kier alpha value is -1.10. The first-order valence-corrected chi connectivity index (χ1v) is 5.77. The molecular formula is C11H20N2O3. The fourth-order valence-corrected chi connectivity index (χ4v) is 1.98. The lowest BCUT2D eigenvalue weighted by atomic mass is 9.99. The lowest BCUT2D eigenvalue weighted by molar-refractivity contribution is -0.142. The third-order valence-corrected chi connectivity index (χ3v) is 2.99. The molecule has 0 aromatic carbocycles. The topological polar surface area (TPSA) is 69.6 Å². The molecule has 0 radical (unpaired) electrons. The van der Waals surface area contributed by atoms with Crippen LogP contribution in [0, 0.1) is 11.8 Å². The molecule has 0 saturated carbocycles. The molecule has 2 unspecified atom stereocenters. The second-order valence-corrected chi connectivity index (χ2v) is 4.40. The van der Waals surface area contributed by atoms with Crippen molar-refractivity contribution < 1.29 is 14.7 Å². The zero-order valence-electron chi connectivity index (χ0n) is 9.90. The molecule has 1 heterocycles. The van der Waals surface area contributed by atoms with Gasteiger partial charge in [-0.05, 0) is 18.9 Å². The number of likely N-dealkylation sites (tertiary alicyclic amines) is 1. The van der Waals surface area contributed by atoms with E-state index in [-0.39, 0.29) is 11.8 Å².